The summed E-state index contributed by atoms with van der Waals surface area (Å²) < 4.78 is 0. The Kier molecular flexibility index (Phi) is 4.64. The summed E-state index contributed by atoms with van der Waals surface area (Å²) >= 11 is 1.43. The first kappa shape index (κ1) is 18.1. The van der Waals surface area contributed by atoms with Crippen molar-refractivity contribution in [2.45, 2.75) is 25.7 Å². The minimum atomic E-state index is -0.0692. The highest BCUT2D eigenvalue weighted by Gasteiger charge is 2.36. The normalized spacial score (nSPS) is 15.2. The first-order valence-corrected chi connectivity index (χ1v) is 10.8. The molecule has 0 radical (unpaired) electrons. The van der Waals surface area contributed by atoms with Crippen LogP contribution in [0.4, 0.5) is 10.8 Å². The van der Waals surface area contributed by atoms with E-state index in [9.17, 15) is 9.59 Å². The third kappa shape index (κ3) is 3.80. The lowest BCUT2D eigenvalue weighted by Gasteiger charge is -2.17. The molecule has 1 aliphatic heterocycles. The molecule has 1 aliphatic carbocycles. The Morgan fingerprint density at radius 3 is 2.76 bits per heavy atom. The van der Waals surface area contributed by atoms with Crippen LogP contribution in [0.5, 0.6) is 0 Å². The van der Waals surface area contributed by atoms with Crippen molar-refractivity contribution in [3.05, 3.63) is 65.0 Å². The fourth-order valence-corrected chi connectivity index (χ4v) is 4.49. The molecule has 0 bridgehead atoms. The summed E-state index contributed by atoms with van der Waals surface area (Å²) in [5.74, 6) is 0.440. The average molecular weight is 404 g/mol. The highest BCUT2D eigenvalue weighted by atomic mass is 32.1. The van der Waals surface area contributed by atoms with E-state index in [0.717, 1.165) is 48.3 Å². The van der Waals surface area contributed by atoms with Gasteiger partial charge in [0.1, 0.15) is 0 Å². The van der Waals surface area contributed by atoms with Crippen LogP contribution in [-0.2, 0) is 22.4 Å². The van der Waals surface area contributed by atoms with E-state index in [1.54, 1.807) is 0 Å². The van der Waals surface area contributed by atoms with Crippen molar-refractivity contribution >= 4 is 34.0 Å². The number of fused-ring (bicyclic) bond motifs is 1. The molecular weight excluding hydrogens is 382 g/mol. The molecule has 1 saturated carbocycles. The second-order valence-corrected chi connectivity index (χ2v) is 8.46. The Balaban J connectivity index is 1.28. The first-order chi connectivity index (χ1) is 14.2. The van der Waals surface area contributed by atoms with Gasteiger partial charge in [-0.25, -0.2) is 4.98 Å². The van der Waals surface area contributed by atoms with E-state index in [4.69, 9.17) is 0 Å². The minimum Gasteiger partial charge on any atom is -0.312 e. The van der Waals surface area contributed by atoms with E-state index in [0.29, 0.717) is 11.6 Å². The number of carbonyl (C=O) groups excluding carboxylic acids is 2. The first-order valence-electron chi connectivity index (χ1n) is 9.91. The smallest absolute Gasteiger partial charge is 0.230 e. The van der Waals surface area contributed by atoms with E-state index in [1.165, 1.54) is 16.9 Å². The van der Waals surface area contributed by atoms with Crippen LogP contribution in [0.15, 0.2) is 53.9 Å². The van der Waals surface area contributed by atoms with Crippen molar-refractivity contribution < 1.29 is 9.59 Å². The molecule has 2 amide bonds. The largest absolute Gasteiger partial charge is 0.312 e. The molecule has 1 aromatic heterocycles. The molecule has 3 aromatic rings. The highest BCUT2D eigenvalue weighted by Crippen LogP contribution is 2.38. The topological polar surface area (TPSA) is 62.3 Å². The summed E-state index contributed by atoms with van der Waals surface area (Å²) in [6.07, 6.45) is 3.27. The zero-order valence-electron chi connectivity index (χ0n) is 15.9. The third-order valence-corrected chi connectivity index (χ3v) is 6.18. The van der Waals surface area contributed by atoms with Crippen LogP contribution >= 0.6 is 11.3 Å². The maximum atomic E-state index is 12.4. The fourth-order valence-electron chi connectivity index (χ4n) is 3.75. The monoisotopic (exact) mass is 403 g/mol. The number of hydrogen-bond donors (Lipinski definition) is 1. The number of nitrogens with zero attached hydrogens (tertiary/aromatic N) is 2. The molecule has 2 heterocycles. The van der Waals surface area contributed by atoms with Crippen LogP contribution in [0.3, 0.4) is 0 Å². The third-order valence-electron chi connectivity index (χ3n) is 5.42. The Hall–Kier alpha value is -2.99. The summed E-state index contributed by atoms with van der Waals surface area (Å²) in [4.78, 5) is 31.2. The summed E-state index contributed by atoms with van der Waals surface area (Å²) in [7, 11) is 0. The zero-order chi connectivity index (χ0) is 19.8. The van der Waals surface area contributed by atoms with E-state index in [-0.39, 0.29) is 17.7 Å². The Morgan fingerprint density at radius 1 is 1.14 bits per heavy atom. The second-order valence-electron chi connectivity index (χ2n) is 7.61. The van der Waals surface area contributed by atoms with Gasteiger partial charge in [0.15, 0.2) is 5.13 Å². The summed E-state index contributed by atoms with van der Waals surface area (Å²) in [6.45, 7) is 0.770. The molecule has 146 valence electrons. The summed E-state index contributed by atoms with van der Waals surface area (Å²) in [5, 5.41) is 5.45. The van der Waals surface area contributed by atoms with Crippen LogP contribution in [0.2, 0.25) is 0 Å². The van der Waals surface area contributed by atoms with Gasteiger partial charge in [-0.15, -0.1) is 11.3 Å². The standard InChI is InChI=1S/C23H21N3O2S/c27-21(12-15-4-2-1-3-5-15)25-23-24-19(14-29-23)17-8-9-20-18(13-17)10-11-26(20)22(28)16-6-7-16/h1-5,8-9,13-14,16H,6-7,10-12H2,(H,24,25,27). The van der Waals surface area contributed by atoms with Gasteiger partial charge in [0, 0.05) is 29.1 Å². The van der Waals surface area contributed by atoms with Crippen LogP contribution in [0, 0.1) is 5.92 Å². The second kappa shape index (κ2) is 7.44. The van der Waals surface area contributed by atoms with E-state index in [2.05, 4.69) is 16.4 Å². The molecule has 0 unspecified atom stereocenters. The molecule has 5 rings (SSSR count). The SMILES string of the molecule is O=C(Cc1ccccc1)Nc1nc(-c2ccc3c(c2)CCN3C(=O)C2CC2)cs1. The Morgan fingerprint density at radius 2 is 1.97 bits per heavy atom. The zero-order valence-corrected chi connectivity index (χ0v) is 16.7. The van der Waals surface area contributed by atoms with E-state index >= 15 is 0 Å². The van der Waals surface area contributed by atoms with Crippen molar-refractivity contribution in [3.8, 4) is 11.3 Å². The van der Waals surface area contributed by atoms with Gasteiger partial charge in [-0.2, -0.15) is 0 Å². The highest BCUT2D eigenvalue weighted by molar-refractivity contribution is 7.14. The van der Waals surface area contributed by atoms with Crippen LogP contribution < -0.4 is 10.2 Å². The van der Waals surface area contributed by atoms with E-state index in [1.807, 2.05) is 52.7 Å². The van der Waals surface area contributed by atoms with Crippen molar-refractivity contribution in [2.75, 3.05) is 16.8 Å². The van der Waals surface area contributed by atoms with Gasteiger partial charge < -0.3 is 10.2 Å². The quantitative estimate of drug-likeness (QED) is 0.691. The number of amides is 2. The Bertz CT molecular complexity index is 1070. The summed E-state index contributed by atoms with van der Waals surface area (Å²) in [6, 6.07) is 15.8. The number of thiazole rings is 1. The molecule has 5 nitrogen and oxygen atoms in total. The number of benzene rings is 2. The fraction of sp³-hybridized carbons (Fsp3) is 0.261. The number of aromatic nitrogens is 1. The molecule has 1 fully saturated rings. The lowest BCUT2D eigenvalue weighted by Crippen LogP contribution is -2.30. The molecule has 2 aromatic carbocycles. The average Bonchev–Trinajstić information content (AvgIpc) is 3.34. The number of hydrogen-bond acceptors (Lipinski definition) is 4. The molecule has 6 heteroatoms. The maximum absolute atomic E-state index is 12.4. The lowest BCUT2D eigenvalue weighted by molar-refractivity contribution is -0.119. The maximum Gasteiger partial charge on any atom is 0.230 e. The van der Waals surface area contributed by atoms with Crippen molar-refractivity contribution in [3.63, 3.8) is 0 Å². The molecule has 0 atom stereocenters. The minimum absolute atomic E-state index is 0.0692. The predicted molar refractivity (Wildman–Crippen MR) is 115 cm³/mol. The van der Waals surface area contributed by atoms with Gasteiger partial charge in [0.05, 0.1) is 12.1 Å². The van der Waals surface area contributed by atoms with Gasteiger partial charge in [0.2, 0.25) is 11.8 Å². The molecule has 29 heavy (non-hydrogen) atoms. The van der Waals surface area contributed by atoms with Crippen LogP contribution in [-0.4, -0.2) is 23.3 Å². The summed E-state index contributed by atoms with van der Waals surface area (Å²) in [5.41, 5.74) is 5.08. The molecule has 1 N–H and O–H groups in total. The molecule has 2 aliphatic rings. The van der Waals surface area contributed by atoms with Crippen molar-refractivity contribution in [1.82, 2.24) is 4.98 Å². The van der Waals surface area contributed by atoms with Gasteiger partial charge in [-0.05, 0) is 42.5 Å². The van der Waals surface area contributed by atoms with Crippen molar-refractivity contribution in [1.29, 1.82) is 0 Å². The molecular formula is C23H21N3O2S. The number of carbonyl (C=O) groups is 2. The van der Waals surface area contributed by atoms with Gasteiger partial charge >= 0.3 is 0 Å². The van der Waals surface area contributed by atoms with E-state index < -0.39 is 0 Å². The molecule has 0 spiro atoms. The van der Waals surface area contributed by atoms with Crippen molar-refractivity contribution in [2.24, 2.45) is 5.92 Å². The number of anilines is 2. The lowest BCUT2D eigenvalue weighted by atomic mass is 10.1. The molecule has 0 saturated heterocycles. The number of rotatable bonds is 5. The van der Waals surface area contributed by atoms with Crippen LogP contribution in [0.25, 0.3) is 11.3 Å². The Labute approximate surface area is 173 Å². The predicted octanol–water partition coefficient (Wildman–Crippen LogP) is 4.29. The van der Waals surface area contributed by atoms with Gasteiger partial charge in [0.25, 0.3) is 0 Å². The number of nitrogens with one attached hydrogen (secondary N) is 1. The van der Waals surface area contributed by atoms with Gasteiger partial charge in [-0.1, -0.05) is 36.4 Å². The van der Waals surface area contributed by atoms with Crippen LogP contribution in [0.1, 0.15) is 24.0 Å². The van der Waals surface area contributed by atoms with Gasteiger partial charge in [-0.3, -0.25) is 9.59 Å².